The Morgan fingerprint density at radius 3 is 2.59 bits per heavy atom. The highest BCUT2D eigenvalue weighted by Crippen LogP contribution is 2.37. The number of sulfonamides is 1. The van der Waals surface area contributed by atoms with Crippen molar-refractivity contribution in [3.63, 3.8) is 0 Å². The molecule has 1 aliphatic heterocycles. The van der Waals surface area contributed by atoms with Gasteiger partial charge in [-0.2, -0.15) is 0 Å². The minimum Gasteiger partial charge on any atom is -0.322 e. The number of nitrogens with zero attached hydrogens (tertiary/aromatic N) is 2. The molecular formula is C26H23N3O3S2. The second kappa shape index (κ2) is 8.70. The van der Waals surface area contributed by atoms with Crippen LogP contribution in [0.4, 0.5) is 11.4 Å². The van der Waals surface area contributed by atoms with Crippen molar-refractivity contribution in [3.8, 4) is 11.3 Å². The highest BCUT2D eigenvalue weighted by Gasteiger charge is 2.36. The van der Waals surface area contributed by atoms with Crippen LogP contribution in [0.2, 0.25) is 0 Å². The summed E-state index contributed by atoms with van der Waals surface area (Å²) in [4.78, 5) is 17.8. The molecule has 0 radical (unpaired) electrons. The number of nitrogens with one attached hydrogen (secondary N) is 1. The van der Waals surface area contributed by atoms with Gasteiger partial charge in [0, 0.05) is 28.2 Å². The second-order valence-electron chi connectivity index (χ2n) is 8.30. The summed E-state index contributed by atoms with van der Waals surface area (Å²) in [5.41, 5.74) is 4.44. The lowest BCUT2D eigenvalue weighted by Crippen LogP contribution is -2.35. The molecule has 172 valence electrons. The van der Waals surface area contributed by atoms with Crippen LogP contribution in [0.5, 0.6) is 0 Å². The molecule has 4 aromatic rings. The van der Waals surface area contributed by atoms with Gasteiger partial charge < -0.3 is 5.32 Å². The Morgan fingerprint density at radius 1 is 1.06 bits per heavy atom. The summed E-state index contributed by atoms with van der Waals surface area (Å²) in [5.74, 6) is -0.244. The molecule has 5 rings (SSSR count). The van der Waals surface area contributed by atoms with Crippen LogP contribution in [0.15, 0.2) is 83.1 Å². The van der Waals surface area contributed by atoms with Crippen LogP contribution in [0.25, 0.3) is 11.3 Å². The predicted octanol–water partition coefficient (Wildman–Crippen LogP) is 5.51. The summed E-state index contributed by atoms with van der Waals surface area (Å²) >= 11 is 1.58. The van der Waals surface area contributed by atoms with Crippen molar-refractivity contribution in [2.45, 2.75) is 31.2 Å². The van der Waals surface area contributed by atoms with Crippen LogP contribution in [-0.2, 0) is 16.4 Å². The maximum Gasteiger partial charge on any atom is 0.264 e. The zero-order valence-corrected chi connectivity index (χ0v) is 20.4. The zero-order chi connectivity index (χ0) is 23.9. The van der Waals surface area contributed by atoms with Gasteiger partial charge in [0.2, 0.25) is 0 Å². The summed E-state index contributed by atoms with van der Waals surface area (Å²) in [6.45, 7) is 3.84. The number of hydrogen-bond acceptors (Lipinski definition) is 5. The minimum absolute atomic E-state index is 0.239. The average molecular weight is 490 g/mol. The first-order valence-electron chi connectivity index (χ1n) is 10.9. The maximum atomic E-state index is 13.3. The van der Waals surface area contributed by atoms with Gasteiger partial charge in [0.05, 0.1) is 21.3 Å². The van der Waals surface area contributed by atoms with E-state index in [0.29, 0.717) is 23.4 Å². The van der Waals surface area contributed by atoms with E-state index in [9.17, 15) is 13.2 Å². The van der Waals surface area contributed by atoms with Gasteiger partial charge in [-0.1, -0.05) is 30.3 Å². The number of carbonyl (C=O) groups is 1. The SMILES string of the molecule is Cc1nc(-c2cccc(NC(=O)c3ccc4c(c3)C[C@H](C)N4S(=O)(=O)c3ccccc3)c2)cs1. The molecule has 0 bridgehead atoms. The number of aromatic nitrogens is 1. The summed E-state index contributed by atoms with van der Waals surface area (Å²) in [6, 6.07) is 20.9. The first kappa shape index (κ1) is 22.3. The van der Waals surface area contributed by atoms with Crippen molar-refractivity contribution in [2.75, 3.05) is 9.62 Å². The van der Waals surface area contributed by atoms with Crippen LogP contribution < -0.4 is 9.62 Å². The van der Waals surface area contributed by atoms with Crippen LogP contribution in [0.1, 0.15) is 27.9 Å². The summed E-state index contributed by atoms with van der Waals surface area (Å²) < 4.78 is 28.0. The Kier molecular flexibility index (Phi) is 5.71. The van der Waals surface area contributed by atoms with Crippen molar-refractivity contribution >= 4 is 38.6 Å². The molecule has 6 nitrogen and oxygen atoms in total. The molecule has 3 aromatic carbocycles. The second-order valence-corrected chi connectivity index (χ2v) is 11.2. The highest BCUT2D eigenvalue weighted by atomic mass is 32.2. The van der Waals surface area contributed by atoms with Crippen molar-refractivity contribution in [3.05, 3.63) is 94.3 Å². The molecule has 0 saturated carbocycles. The van der Waals surface area contributed by atoms with Crippen molar-refractivity contribution < 1.29 is 13.2 Å². The standard InChI is InChI=1S/C26H23N3O3S2/c1-17-13-21-14-20(11-12-25(21)29(17)34(31,32)23-9-4-3-5-10-23)26(30)28-22-8-6-7-19(15-22)24-16-33-18(2)27-24/h3-12,14-17H,13H2,1-2H3,(H,28,30)/t17-/m0/s1. The molecule has 2 heterocycles. The quantitative estimate of drug-likeness (QED) is 0.401. The molecule has 1 atom stereocenters. The largest absolute Gasteiger partial charge is 0.322 e. The molecule has 8 heteroatoms. The predicted molar refractivity (Wildman–Crippen MR) is 136 cm³/mol. The monoisotopic (exact) mass is 489 g/mol. The van der Waals surface area contributed by atoms with Gasteiger partial charge in [-0.15, -0.1) is 11.3 Å². The number of aryl methyl sites for hydroxylation is 1. The van der Waals surface area contributed by atoms with E-state index in [-0.39, 0.29) is 16.8 Å². The number of benzene rings is 3. The highest BCUT2D eigenvalue weighted by molar-refractivity contribution is 7.92. The number of hydrogen-bond donors (Lipinski definition) is 1. The maximum absolute atomic E-state index is 13.3. The number of rotatable bonds is 5. The van der Waals surface area contributed by atoms with E-state index in [1.165, 1.54) is 4.31 Å². The van der Waals surface area contributed by atoms with Crippen LogP contribution in [0.3, 0.4) is 0 Å². The Bertz CT molecular complexity index is 1480. The molecule has 34 heavy (non-hydrogen) atoms. The van der Waals surface area contributed by atoms with Gasteiger partial charge in [-0.05, 0) is 68.3 Å². The number of carbonyl (C=O) groups excluding carboxylic acids is 1. The molecule has 0 spiro atoms. The van der Waals surface area contributed by atoms with Crippen molar-refractivity contribution in [2.24, 2.45) is 0 Å². The molecule has 0 aliphatic carbocycles. The van der Waals surface area contributed by atoms with Gasteiger partial charge >= 0.3 is 0 Å². The summed E-state index contributed by atoms with van der Waals surface area (Å²) in [6.07, 6.45) is 0.543. The minimum atomic E-state index is -3.68. The third kappa shape index (κ3) is 4.10. The number of fused-ring (bicyclic) bond motifs is 1. The third-order valence-corrected chi connectivity index (χ3v) is 8.55. The van der Waals surface area contributed by atoms with E-state index in [1.54, 1.807) is 59.9 Å². The van der Waals surface area contributed by atoms with Crippen molar-refractivity contribution in [1.82, 2.24) is 4.98 Å². The van der Waals surface area contributed by atoms with Gasteiger partial charge in [-0.3, -0.25) is 9.10 Å². The van der Waals surface area contributed by atoms with E-state index in [1.807, 2.05) is 43.5 Å². The van der Waals surface area contributed by atoms with E-state index in [4.69, 9.17) is 0 Å². The van der Waals surface area contributed by atoms with E-state index >= 15 is 0 Å². The normalized spacial score (nSPS) is 15.2. The number of amides is 1. The molecular weight excluding hydrogens is 466 g/mol. The van der Waals surface area contributed by atoms with E-state index < -0.39 is 10.0 Å². The Morgan fingerprint density at radius 2 is 1.85 bits per heavy atom. The Labute approximate surface area is 203 Å². The zero-order valence-electron chi connectivity index (χ0n) is 18.7. The van der Waals surface area contributed by atoms with Crippen molar-refractivity contribution in [1.29, 1.82) is 0 Å². The molecule has 1 amide bonds. The van der Waals surface area contributed by atoms with Gasteiger partial charge in [0.25, 0.3) is 15.9 Å². The fraction of sp³-hybridized carbons (Fsp3) is 0.154. The molecule has 0 unspecified atom stereocenters. The molecule has 0 saturated heterocycles. The third-order valence-electron chi connectivity index (χ3n) is 5.83. The summed E-state index contributed by atoms with van der Waals surface area (Å²) in [5, 5.41) is 5.93. The van der Waals surface area contributed by atoms with Gasteiger partial charge in [-0.25, -0.2) is 13.4 Å². The Hall–Kier alpha value is -3.49. The molecule has 1 aromatic heterocycles. The lowest BCUT2D eigenvalue weighted by molar-refractivity contribution is 0.102. The number of anilines is 2. The lowest BCUT2D eigenvalue weighted by atomic mass is 10.1. The van der Waals surface area contributed by atoms with Crippen LogP contribution in [0, 0.1) is 6.92 Å². The topological polar surface area (TPSA) is 79.4 Å². The average Bonchev–Trinajstić information content (AvgIpc) is 3.41. The van der Waals surface area contributed by atoms with E-state index in [0.717, 1.165) is 21.8 Å². The lowest BCUT2D eigenvalue weighted by Gasteiger charge is -2.24. The summed E-state index contributed by atoms with van der Waals surface area (Å²) in [7, 11) is -3.68. The van der Waals surface area contributed by atoms with Gasteiger partial charge in [0.15, 0.2) is 0 Å². The van der Waals surface area contributed by atoms with Crippen LogP contribution in [-0.4, -0.2) is 25.4 Å². The number of thiazole rings is 1. The fourth-order valence-corrected chi connectivity index (χ4v) is 6.61. The smallest absolute Gasteiger partial charge is 0.264 e. The molecule has 0 fully saturated rings. The first-order chi connectivity index (χ1) is 16.3. The van der Waals surface area contributed by atoms with E-state index in [2.05, 4.69) is 10.3 Å². The molecule has 1 aliphatic rings. The van der Waals surface area contributed by atoms with Gasteiger partial charge in [0.1, 0.15) is 0 Å². The van der Waals surface area contributed by atoms with Crippen LogP contribution >= 0.6 is 11.3 Å². The first-order valence-corrected chi connectivity index (χ1v) is 13.2. The fourth-order valence-electron chi connectivity index (χ4n) is 4.27. The Balaban J connectivity index is 1.39. The molecule has 1 N–H and O–H groups in total.